The predicted molar refractivity (Wildman–Crippen MR) is 134 cm³/mol. The van der Waals surface area contributed by atoms with Crippen LogP contribution < -0.4 is 10.9 Å². The Morgan fingerprint density at radius 2 is 1.76 bits per heavy atom. The van der Waals surface area contributed by atoms with Crippen molar-refractivity contribution < 1.29 is 4.79 Å². The molecule has 0 atom stereocenters. The highest BCUT2D eigenvalue weighted by atomic mass is 32.2. The van der Waals surface area contributed by atoms with Gasteiger partial charge in [-0.25, -0.2) is 14.5 Å². The number of thioether (sulfide) groups is 1. The van der Waals surface area contributed by atoms with E-state index in [1.165, 1.54) is 16.3 Å². The van der Waals surface area contributed by atoms with Gasteiger partial charge >= 0.3 is 0 Å². The Morgan fingerprint density at radius 1 is 1.03 bits per heavy atom. The molecule has 0 aliphatic carbocycles. The van der Waals surface area contributed by atoms with E-state index >= 15 is 0 Å². The van der Waals surface area contributed by atoms with Gasteiger partial charge < -0.3 is 5.32 Å². The monoisotopic (exact) mass is 458 g/mol. The van der Waals surface area contributed by atoms with Gasteiger partial charge in [-0.15, -0.1) is 0 Å². The predicted octanol–water partition coefficient (Wildman–Crippen LogP) is 4.94. The molecule has 0 saturated carbocycles. The minimum atomic E-state index is -0.203. The van der Waals surface area contributed by atoms with Crippen LogP contribution in [0.2, 0.25) is 0 Å². The number of aryl methyl sites for hydroxylation is 3. The lowest BCUT2D eigenvalue weighted by molar-refractivity contribution is -0.113. The quantitative estimate of drug-likeness (QED) is 0.313. The molecule has 33 heavy (non-hydrogen) atoms. The Balaban J connectivity index is 1.67. The maximum Gasteiger partial charge on any atom is 0.267 e. The topological polar surface area (TPSA) is 76.9 Å². The third-order valence-electron chi connectivity index (χ3n) is 5.47. The molecule has 0 radical (unpaired) electrons. The van der Waals surface area contributed by atoms with Crippen molar-refractivity contribution in [3.05, 3.63) is 87.8 Å². The lowest BCUT2D eigenvalue weighted by Gasteiger charge is -2.15. The van der Waals surface area contributed by atoms with Gasteiger partial charge in [-0.2, -0.15) is 0 Å². The fourth-order valence-corrected chi connectivity index (χ4v) is 4.56. The zero-order valence-corrected chi connectivity index (χ0v) is 19.8. The van der Waals surface area contributed by atoms with Gasteiger partial charge in [0.25, 0.3) is 5.56 Å². The number of aromatic nitrogens is 3. The third-order valence-corrected chi connectivity index (χ3v) is 6.41. The van der Waals surface area contributed by atoms with Crippen LogP contribution in [0.25, 0.3) is 16.7 Å². The number of para-hydroxylation sites is 2. The molecule has 0 fully saturated rings. The van der Waals surface area contributed by atoms with Crippen molar-refractivity contribution in [3.8, 4) is 5.82 Å². The SMILES string of the molecule is CCc1cccc(CC)c1NC(=O)CSc1nc2ccccc2c(=O)n1-c1cc(C)ccn1. The van der Waals surface area contributed by atoms with Gasteiger partial charge in [0.05, 0.1) is 16.7 Å². The molecule has 2 aromatic carbocycles. The molecule has 6 nitrogen and oxygen atoms in total. The lowest BCUT2D eigenvalue weighted by Crippen LogP contribution is -2.24. The van der Waals surface area contributed by atoms with Gasteiger partial charge in [0.1, 0.15) is 5.82 Å². The Labute approximate surface area is 197 Å². The van der Waals surface area contributed by atoms with Crippen LogP contribution >= 0.6 is 11.8 Å². The first-order valence-electron chi connectivity index (χ1n) is 11.0. The summed E-state index contributed by atoms with van der Waals surface area (Å²) in [6.07, 6.45) is 3.34. The second-order valence-corrected chi connectivity index (χ2v) is 8.68. The molecular formula is C26H26N4O2S. The molecule has 1 N–H and O–H groups in total. The van der Waals surface area contributed by atoms with E-state index in [1.807, 2.05) is 49.4 Å². The highest BCUT2D eigenvalue weighted by molar-refractivity contribution is 7.99. The van der Waals surface area contributed by atoms with Crippen molar-refractivity contribution in [3.63, 3.8) is 0 Å². The average Bonchev–Trinajstić information content (AvgIpc) is 2.83. The van der Waals surface area contributed by atoms with Crippen molar-refractivity contribution >= 4 is 34.3 Å². The minimum Gasteiger partial charge on any atom is -0.325 e. The normalized spacial score (nSPS) is 11.0. The first-order valence-corrected chi connectivity index (χ1v) is 12.0. The number of benzene rings is 2. The molecule has 0 saturated heterocycles. The van der Waals surface area contributed by atoms with E-state index in [0.717, 1.165) is 35.2 Å². The summed E-state index contributed by atoms with van der Waals surface area (Å²) in [6.45, 7) is 6.10. The summed E-state index contributed by atoms with van der Waals surface area (Å²) in [6, 6.07) is 17.0. The van der Waals surface area contributed by atoms with Crippen LogP contribution in [0.3, 0.4) is 0 Å². The zero-order chi connectivity index (χ0) is 23.4. The van der Waals surface area contributed by atoms with Crippen LogP contribution in [0.4, 0.5) is 5.69 Å². The van der Waals surface area contributed by atoms with Crippen molar-refractivity contribution in [1.29, 1.82) is 0 Å². The number of rotatable bonds is 7. The average molecular weight is 459 g/mol. The highest BCUT2D eigenvalue weighted by Crippen LogP contribution is 2.25. The molecule has 1 amide bonds. The summed E-state index contributed by atoms with van der Waals surface area (Å²) >= 11 is 1.23. The number of hydrogen-bond acceptors (Lipinski definition) is 5. The molecule has 0 aliphatic rings. The lowest BCUT2D eigenvalue weighted by atomic mass is 10.0. The second kappa shape index (κ2) is 10.0. The van der Waals surface area contributed by atoms with Crippen LogP contribution in [0.1, 0.15) is 30.5 Å². The summed E-state index contributed by atoms with van der Waals surface area (Å²) in [5.41, 5.74) is 4.48. The summed E-state index contributed by atoms with van der Waals surface area (Å²) in [5.74, 6) is 0.477. The summed E-state index contributed by atoms with van der Waals surface area (Å²) < 4.78 is 1.49. The van der Waals surface area contributed by atoms with Gasteiger partial charge in [-0.05, 0) is 60.7 Å². The van der Waals surface area contributed by atoms with Gasteiger partial charge in [0, 0.05) is 11.9 Å². The van der Waals surface area contributed by atoms with Gasteiger partial charge in [-0.1, -0.05) is 55.9 Å². The number of carbonyl (C=O) groups excluding carboxylic acids is 1. The fourth-order valence-electron chi connectivity index (χ4n) is 3.76. The number of hydrogen-bond donors (Lipinski definition) is 1. The molecule has 7 heteroatoms. The van der Waals surface area contributed by atoms with E-state index in [9.17, 15) is 9.59 Å². The van der Waals surface area contributed by atoms with Gasteiger partial charge in [-0.3, -0.25) is 9.59 Å². The molecule has 4 rings (SSSR count). The van der Waals surface area contributed by atoms with Crippen LogP contribution in [0, 0.1) is 6.92 Å². The number of nitrogens with one attached hydrogen (secondary N) is 1. The summed E-state index contributed by atoms with van der Waals surface area (Å²) in [4.78, 5) is 35.3. The Kier molecular flexibility index (Phi) is 6.89. The maximum absolute atomic E-state index is 13.3. The van der Waals surface area contributed by atoms with Crippen LogP contribution in [0.15, 0.2) is 70.7 Å². The second-order valence-electron chi connectivity index (χ2n) is 7.74. The number of carbonyl (C=O) groups is 1. The van der Waals surface area contributed by atoms with Crippen molar-refractivity contribution in [1.82, 2.24) is 14.5 Å². The fraction of sp³-hybridized carbons (Fsp3) is 0.231. The molecule has 0 bridgehead atoms. The van der Waals surface area contributed by atoms with Crippen molar-refractivity contribution in [2.45, 2.75) is 38.8 Å². The smallest absolute Gasteiger partial charge is 0.267 e. The van der Waals surface area contributed by atoms with Crippen LogP contribution in [-0.4, -0.2) is 26.2 Å². The molecule has 0 aliphatic heterocycles. The van der Waals surface area contributed by atoms with E-state index in [4.69, 9.17) is 4.98 Å². The highest BCUT2D eigenvalue weighted by Gasteiger charge is 2.17. The van der Waals surface area contributed by atoms with Gasteiger partial charge in [0.15, 0.2) is 5.16 Å². The Bertz CT molecular complexity index is 1360. The van der Waals surface area contributed by atoms with Crippen LogP contribution in [-0.2, 0) is 17.6 Å². The summed E-state index contributed by atoms with van der Waals surface area (Å²) in [5, 5.41) is 4.03. The van der Waals surface area contributed by atoms with Crippen LogP contribution in [0.5, 0.6) is 0 Å². The molecule has 0 unspecified atom stereocenters. The van der Waals surface area contributed by atoms with E-state index in [-0.39, 0.29) is 17.2 Å². The molecule has 0 spiro atoms. The summed E-state index contributed by atoms with van der Waals surface area (Å²) in [7, 11) is 0. The molecule has 2 aromatic heterocycles. The first-order chi connectivity index (χ1) is 16.0. The van der Waals surface area contributed by atoms with E-state index in [2.05, 4.69) is 24.1 Å². The zero-order valence-electron chi connectivity index (χ0n) is 19.0. The van der Waals surface area contributed by atoms with Crippen molar-refractivity contribution in [2.24, 2.45) is 0 Å². The molecule has 2 heterocycles. The number of anilines is 1. The third kappa shape index (κ3) is 4.83. The standard InChI is InChI=1S/C26H26N4O2S/c1-4-18-9-8-10-19(5-2)24(18)29-23(31)16-33-26-28-21-12-7-6-11-20(21)25(32)30(26)22-15-17(3)13-14-27-22/h6-15H,4-5,16H2,1-3H3,(H,29,31). The number of nitrogens with zero attached hydrogens (tertiary/aromatic N) is 3. The number of amides is 1. The molecular weight excluding hydrogens is 432 g/mol. The maximum atomic E-state index is 13.3. The van der Waals surface area contributed by atoms with E-state index in [1.54, 1.807) is 18.3 Å². The largest absolute Gasteiger partial charge is 0.325 e. The van der Waals surface area contributed by atoms with Crippen molar-refractivity contribution in [2.75, 3.05) is 11.1 Å². The van der Waals surface area contributed by atoms with E-state index in [0.29, 0.717) is 21.9 Å². The molecule has 4 aromatic rings. The minimum absolute atomic E-state index is 0.123. The van der Waals surface area contributed by atoms with Gasteiger partial charge in [0.2, 0.25) is 5.91 Å². The Hall–Kier alpha value is -3.45. The molecule has 168 valence electrons. The number of fused-ring (bicyclic) bond motifs is 1. The number of pyridine rings is 1. The Morgan fingerprint density at radius 3 is 2.45 bits per heavy atom. The van der Waals surface area contributed by atoms with E-state index < -0.39 is 0 Å². The first kappa shape index (κ1) is 22.7.